The second kappa shape index (κ2) is 4.20. The molecule has 1 radical (unpaired) electrons. The van der Waals surface area contributed by atoms with Crippen LogP contribution in [0.3, 0.4) is 0 Å². The maximum Gasteiger partial charge on any atom is 0.347 e. The number of aliphatic hydroxyl groups excluding tert-OH is 1. The largest absolute Gasteiger partial charge is 0.473 e. The third-order valence-corrected chi connectivity index (χ3v) is 0. The van der Waals surface area contributed by atoms with Gasteiger partial charge in [-0.15, -0.1) is 0 Å². The fraction of sp³-hybridized carbons (Fsp3) is 0. The van der Waals surface area contributed by atoms with Crippen LogP contribution in [0.2, 0.25) is 0 Å². The molecule has 4 heteroatoms. The molecule has 0 aliphatic heterocycles. The van der Waals surface area contributed by atoms with Gasteiger partial charge in [-0.2, -0.15) is 0 Å². The van der Waals surface area contributed by atoms with Crippen molar-refractivity contribution in [2.75, 3.05) is 0 Å². The van der Waals surface area contributed by atoms with Gasteiger partial charge in [-0.1, -0.05) is 0 Å². The van der Waals surface area contributed by atoms with Crippen molar-refractivity contribution in [3.05, 3.63) is 0 Å². The summed E-state index contributed by atoms with van der Waals surface area (Å²) in [6, 6.07) is 0. The van der Waals surface area contributed by atoms with Gasteiger partial charge in [0.2, 0.25) is 0 Å². The second-order valence-electron chi connectivity index (χ2n) is 0.283. The summed E-state index contributed by atoms with van der Waals surface area (Å²) in [5, 5.41) is 13.7. The first-order chi connectivity index (χ1) is 1.73. The Balaban J connectivity index is 0. The summed E-state index contributed by atoms with van der Waals surface area (Å²) >= 11 is 3.65. The minimum absolute atomic E-state index is 0. The van der Waals surface area contributed by atoms with Gasteiger partial charge < -0.3 is 10.2 Å². The molecule has 0 aromatic heterocycles. The molecule has 2 N–H and O–H groups in total. The summed E-state index contributed by atoms with van der Waals surface area (Å²) in [6.45, 7) is 0. The quantitative estimate of drug-likeness (QED) is 0.474. The van der Waals surface area contributed by atoms with E-state index in [1.54, 1.807) is 0 Å². The average Bonchev–Trinajstić information content (AvgIpc) is 0.811. The monoisotopic (exact) mass is 137 g/mol. The van der Waals surface area contributed by atoms with E-state index in [0.29, 0.717) is 0 Å². The maximum absolute atomic E-state index is 7.34. The molecule has 2 nitrogen and oxygen atoms in total. The van der Waals surface area contributed by atoms with Crippen LogP contribution in [0.4, 0.5) is 0 Å². The number of aliphatic hydroxyl groups is 2. The fourth-order valence-corrected chi connectivity index (χ4v) is 0. The van der Waals surface area contributed by atoms with Crippen LogP contribution in [0.5, 0.6) is 0 Å². The Kier molecular flexibility index (Phi) is 7.52. The SMILES string of the molecule is OC(O)=S.[Co]. The Bertz CT molecular complexity index is 32.6. The molecule has 0 atom stereocenters. The van der Waals surface area contributed by atoms with Crippen molar-refractivity contribution in [2.45, 2.75) is 0 Å². The average molecular weight is 137 g/mol. The first kappa shape index (κ1) is 8.96. The van der Waals surface area contributed by atoms with Gasteiger partial charge in [-0.05, 0) is 0 Å². The first-order valence-electron chi connectivity index (χ1n) is 0.651. The van der Waals surface area contributed by atoms with Crippen molar-refractivity contribution in [3.8, 4) is 0 Å². The third kappa shape index (κ3) is 524. The molecule has 0 saturated carbocycles. The normalized spacial score (nSPS) is 4.80. The maximum atomic E-state index is 7.34. The predicted octanol–water partition coefficient (Wildman–Crippen LogP) is 0.385. The van der Waals surface area contributed by atoms with Gasteiger partial charge >= 0.3 is 5.24 Å². The summed E-state index contributed by atoms with van der Waals surface area (Å²) in [7, 11) is 0. The molecule has 5 heavy (non-hydrogen) atoms. The Morgan fingerprint density at radius 3 is 1.40 bits per heavy atom. The molecule has 0 aliphatic rings. The number of thiocarbonyl (C=S) groups is 1. The number of hydrogen-bond acceptors (Lipinski definition) is 1. The van der Waals surface area contributed by atoms with E-state index < -0.39 is 5.24 Å². The van der Waals surface area contributed by atoms with Crippen LogP contribution in [-0.2, 0) is 16.8 Å². The summed E-state index contributed by atoms with van der Waals surface area (Å²) in [6.07, 6.45) is 0. The molecule has 33 valence electrons. The van der Waals surface area contributed by atoms with Gasteiger partial charge in [-0.25, -0.2) is 0 Å². The van der Waals surface area contributed by atoms with Crippen LogP contribution in [0.15, 0.2) is 0 Å². The van der Waals surface area contributed by atoms with Crippen LogP contribution < -0.4 is 0 Å². The van der Waals surface area contributed by atoms with Crippen LogP contribution in [0.25, 0.3) is 0 Å². The van der Waals surface area contributed by atoms with Crippen LogP contribution in [0, 0.1) is 0 Å². The third-order valence-electron chi connectivity index (χ3n) is 0. The Morgan fingerprint density at radius 1 is 1.40 bits per heavy atom. The van der Waals surface area contributed by atoms with Crippen molar-refractivity contribution in [1.82, 2.24) is 0 Å². The van der Waals surface area contributed by atoms with Crippen molar-refractivity contribution in [2.24, 2.45) is 0 Å². The molecule has 0 rings (SSSR count). The van der Waals surface area contributed by atoms with Crippen molar-refractivity contribution in [3.63, 3.8) is 0 Å². The van der Waals surface area contributed by atoms with Crippen molar-refractivity contribution >= 4 is 17.5 Å². The summed E-state index contributed by atoms with van der Waals surface area (Å²) in [5.41, 5.74) is 0. The first-order valence-corrected chi connectivity index (χ1v) is 1.06. The van der Waals surface area contributed by atoms with Gasteiger partial charge in [0.15, 0.2) is 0 Å². The summed E-state index contributed by atoms with van der Waals surface area (Å²) in [4.78, 5) is 0. The zero-order valence-corrected chi connectivity index (χ0v) is 3.99. The van der Waals surface area contributed by atoms with E-state index in [1.807, 2.05) is 0 Å². The van der Waals surface area contributed by atoms with Crippen molar-refractivity contribution in [1.29, 1.82) is 0 Å². The molecule has 0 fully saturated rings. The summed E-state index contributed by atoms with van der Waals surface area (Å²) in [5.74, 6) is 0. The van der Waals surface area contributed by atoms with E-state index in [0.717, 1.165) is 0 Å². The van der Waals surface area contributed by atoms with E-state index in [1.165, 1.54) is 0 Å². The van der Waals surface area contributed by atoms with Crippen LogP contribution in [-0.4, -0.2) is 15.4 Å². The molecule has 0 aliphatic carbocycles. The second-order valence-corrected chi connectivity index (χ2v) is 0.648. The zero-order valence-electron chi connectivity index (χ0n) is 2.14. The molecule has 0 aromatic carbocycles. The summed E-state index contributed by atoms with van der Waals surface area (Å²) < 4.78 is 0. The smallest absolute Gasteiger partial charge is 0.347 e. The Hall–Kier alpha value is 0.196. The minimum atomic E-state index is -1.000. The van der Waals surface area contributed by atoms with E-state index in [2.05, 4.69) is 12.2 Å². The molecule has 0 bridgehead atoms. The Labute approximate surface area is 45.0 Å². The topological polar surface area (TPSA) is 40.5 Å². The molecule has 0 unspecified atom stereocenters. The predicted molar refractivity (Wildman–Crippen MR) is 17.9 cm³/mol. The van der Waals surface area contributed by atoms with E-state index in [-0.39, 0.29) is 16.8 Å². The van der Waals surface area contributed by atoms with E-state index >= 15 is 0 Å². The van der Waals surface area contributed by atoms with Gasteiger partial charge in [0.05, 0.1) is 0 Å². The fourth-order valence-electron chi connectivity index (χ4n) is 0. The van der Waals surface area contributed by atoms with Gasteiger partial charge in [0.25, 0.3) is 0 Å². The molecule has 0 heterocycles. The molecular formula is CH2CoO2S. The van der Waals surface area contributed by atoms with Crippen LogP contribution >= 0.6 is 12.2 Å². The number of hydrogen-bond donors (Lipinski definition) is 2. The van der Waals surface area contributed by atoms with Gasteiger partial charge in [-0.3, -0.25) is 0 Å². The standard InChI is InChI=1S/CH2O2S.Co/c2-1(3)4;/h(H2,2,3,4);. The minimum Gasteiger partial charge on any atom is -0.473 e. The molecule has 0 amide bonds. The molecule has 0 saturated heterocycles. The molecule has 0 aromatic rings. The zero-order chi connectivity index (χ0) is 3.58. The van der Waals surface area contributed by atoms with Gasteiger partial charge in [0, 0.05) is 29.0 Å². The molecule has 0 spiro atoms. The molecular weight excluding hydrogens is 135 g/mol. The van der Waals surface area contributed by atoms with E-state index in [9.17, 15) is 0 Å². The van der Waals surface area contributed by atoms with E-state index in [4.69, 9.17) is 10.2 Å². The van der Waals surface area contributed by atoms with Crippen LogP contribution in [0.1, 0.15) is 0 Å². The number of rotatable bonds is 0. The van der Waals surface area contributed by atoms with Crippen molar-refractivity contribution < 1.29 is 27.0 Å². The van der Waals surface area contributed by atoms with Gasteiger partial charge in [0.1, 0.15) is 0 Å². The Morgan fingerprint density at radius 2 is 1.40 bits per heavy atom.